The van der Waals surface area contributed by atoms with E-state index in [0.29, 0.717) is 0 Å². The number of rotatable bonds is 2. The van der Waals surface area contributed by atoms with Crippen LogP contribution in [0.5, 0.6) is 0 Å². The summed E-state index contributed by atoms with van der Waals surface area (Å²) in [6.07, 6.45) is 2.63. The largest absolute Gasteiger partial charge is 0.394 e. The van der Waals surface area contributed by atoms with Crippen LogP contribution in [0.25, 0.3) is 0 Å². The molecule has 2 heteroatoms. The van der Waals surface area contributed by atoms with Gasteiger partial charge in [-0.15, -0.1) is 0 Å². The quantitative estimate of drug-likeness (QED) is 0.680. The summed E-state index contributed by atoms with van der Waals surface area (Å²) in [7, 11) is 0. The van der Waals surface area contributed by atoms with Gasteiger partial charge >= 0.3 is 0 Å². The fourth-order valence-electron chi connectivity index (χ4n) is 1.84. The number of likely N-dealkylation sites (tertiary alicyclic amines) is 1. The zero-order valence-corrected chi connectivity index (χ0v) is 8.51. The molecule has 12 heavy (non-hydrogen) atoms. The van der Waals surface area contributed by atoms with Gasteiger partial charge in [-0.2, -0.15) is 0 Å². The summed E-state index contributed by atoms with van der Waals surface area (Å²) >= 11 is 0. The van der Waals surface area contributed by atoms with E-state index in [4.69, 9.17) is 0 Å². The highest BCUT2D eigenvalue weighted by Crippen LogP contribution is 2.22. The van der Waals surface area contributed by atoms with Crippen molar-refractivity contribution in [3.63, 3.8) is 0 Å². The van der Waals surface area contributed by atoms with Gasteiger partial charge in [0.2, 0.25) is 0 Å². The fourth-order valence-corrected chi connectivity index (χ4v) is 1.84. The third-order valence-electron chi connectivity index (χ3n) is 2.90. The maximum Gasteiger partial charge on any atom is 0.0610 e. The maximum atomic E-state index is 9.19. The number of hydrogen-bond donors (Lipinski definition) is 1. The molecule has 0 bridgehead atoms. The molecule has 1 heterocycles. The Labute approximate surface area is 75.6 Å². The molecule has 0 spiro atoms. The monoisotopic (exact) mass is 171 g/mol. The fraction of sp³-hybridized carbons (Fsp3) is 1.00. The van der Waals surface area contributed by atoms with Gasteiger partial charge in [-0.05, 0) is 39.2 Å². The minimum Gasteiger partial charge on any atom is -0.394 e. The number of piperidine rings is 1. The van der Waals surface area contributed by atoms with Crippen LogP contribution in [0.4, 0.5) is 0 Å². The first-order chi connectivity index (χ1) is 5.56. The Morgan fingerprint density at radius 2 is 2.17 bits per heavy atom. The van der Waals surface area contributed by atoms with Crippen molar-refractivity contribution in [3.05, 3.63) is 0 Å². The lowest BCUT2D eigenvalue weighted by atomic mass is 9.94. The zero-order chi connectivity index (χ0) is 9.19. The van der Waals surface area contributed by atoms with Crippen LogP contribution in [0.2, 0.25) is 0 Å². The maximum absolute atomic E-state index is 9.19. The van der Waals surface area contributed by atoms with Crippen molar-refractivity contribution in [3.8, 4) is 0 Å². The Morgan fingerprint density at radius 1 is 1.50 bits per heavy atom. The van der Waals surface area contributed by atoms with Crippen molar-refractivity contribution in [1.82, 2.24) is 4.90 Å². The molecule has 0 aromatic carbocycles. The van der Waals surface area contributed by atoms with Gasteiger partial charge in [0.15, 0.2) is 0 Å². The molecule has 1 N–H and O–H groups in total. The van der Waals surface area contributed by atoms with Crippen molar-refractivity contribution in [1.29, 1.82) is 0 Å². The number of nitrogens with zero attached hydrogens (tertiary/aromatic N) is 1. The van der Waals surface area contributed by atoms with Gasteiger partial charge in [0.1, 0.15) is 0 Å². The Kier molecular flexibility index (Phi) is 3.13. The second-order valence-corrected chi connectivity index (χ2v) is 4.66. The third kappa shape index (κ3) is 2.20. The van der Waals surface area contributed by atoms with E-state index >= 15 is 0 Å². The molecule has 0 saturated carbocycles. The first-order valence-electron chi connectivity index (χ1n) is 4.92. The molecule has 0 unspecified atom stereocenters. The SMILES string of the molecule is C[C@@H]1CCCN(C(C)(C)CO)C1. The van der Waals surface area contributed by atoms with E-state index < -0.39 is 0 Å². The second-order valence-electron chi connectivity index (χ2n) is 4.66. The van der Waals surface area contributed by atoms with Gasteiger partial charge < -0.3 is 5.11 Å². The van der Waals surface area contributed by atoms with Crippen LogP contribution in [0.1, 0.15) is 33.6 Å². The summed E-state index contributed by atoms with van der Waals surface area (Å²) < 4.78 is 0. The molecule has 2 nitrogen and oxygen atoms in total. The summed E-state index contributed by atoms with van der Waals surface area (Å²) in [5.74, 6) is 0.796. The Morgan fingerprint density at radius 3 is 2.67 bits per heavy atom. The molecular formula is C10H21NO. The van der Waals surface area contributed by atoms with Gasteiger partial charge in [-0.25, -0.2) is 0 Å². The molecule has 1 rings (SSSR count). The van der Waals surface area contributed by atoms with Crippen molar-refractivity contribution in [2.24, 2.45) is 5.92 Å². The van der Waals surface area contributed by atoms with Crippen LogP contribution in [0.15, 0.2) is 0 Å². The molecule has 1 aliphatic heterocycles. The molecule has 1 saturated heterocycles. The summed E-state index contributed by atoms with van der Waals surface area (Å²) in [6.45, 7) is 9.08. The normalized spacial score (nSPS) is 27.5. The van der Waals surface area contributed by atoms with Gasteiger partial charge in [0.05, 0.1) is 6.61 Å². The molecule has 0 radical (unpaired) electrons. The molecule has 1 atom stereocenters. The lowest BCUT2D eigenvalue weighted by molar-refractivity contribution is 0.0271. The number of aliphatic hydroxyl groups is 1. The Bertz CT molecular complexity index is 145. The summed E-state index contributed by atoms with van der Waals surface area (Å²) in [4.78, 5) is 2.40. The Hall–Kier alpha value is -0.0800. The van der Waals surface area contributed by atoms with E-state index in [9.17, 15) is 5.11 Å². The van der Waals surface area contributed by atoms with Crippen LogP contribution < -0.4 is 0 Å². The lowest BCUT2D eigenvalue weighted by Gasteiger charge is -2.41. The molecule has 0 aliphatic carbocycles. The summed E-state index contributed by atoms with van der Waals surface area (Å²) in [5, 5.41) is 9.19. The minimum atomic E-state index is -0.0192. The molecule has 1 aliphatic rings. The van der Waals surface area contributed by atoms with E-state index in [1.54, 1.807) is 0 Å². The topological polar surface area (TPSA) is 23.5 Å². The van der Waals surface area contributed by atoms with Crippen LogP contribution in [0.3, 0.4) is 0 Å². The molecule has 0 aromatic rings. The van der Waals surface area contributed by atoms with Crippen LogP contribution >= 0.6 is 0 Å². The molecule has 1 fully saturated rings. The molecule has 0 amide bonds. The number of hydrogen-bond acceptors (Lipinski definition) is 2. The molecular weight excluding hydrogens is 150 g/mol. The van der Waals surface area contributed by atoms with E-state index in [1.165, 1.54) is 12.8 Å². The highest BCUT2D eigenvalue weighted by molar-refractivity contribution is 4.84. The average molecular weight is 171 g/mol. The average Bonchev–Trinajstić information content (AvgIpc) is 2.05. The van der Waals surface area contributed by atoms with Crippen molar-refractivity contribution in [2.45, 2.75) is 39.2 Å². The van der Waals surface area contributed by atoms with Gasteiger partial charge in [0, 0.05) is 12.1 Å². The zero-order valence-electron chi connectivity index (χ0n) is 8.51. The van der Waals surface area contributed by atoms with E-state index in [2.05, 4.69) is 25.7 Å². The predicted octanol–water partition coefficient (Wildman–Crippen LogP) is 1.49. The first-order valence-corrected chi connectivity index (χ1v) is 4.92. The molecule has 0 aromatic heterocycles. The van der Waals surface area contributed by atoms with Crippen molar-refractivity contribution in [2.75, 3.05) is 19.7 Å². The first kappa shape index (κ1) is 10.0. The van der Waals surface area contributed by atoms with E-state index in [-0.39, 0.29) is 12.1 Å². The predicted molar refractivity (Wildman–Crippen MR) is 51.1 cm³/mol. The van der Waals surface area contributed by atoms with Gasteiger partial charge in [-0.3, -0.25) is 4.90 Å². The molecule has 72 valence electrons. The van der Waals surface area contributed by atoms with E-state index in [1.807, 2.05) is 0 Å². The van der Waals surface area contributed by atoms with Crippen molar-refractivity contribution >= 4 is 0 Å². The smallest absolute Gasteiger partial charge is 0.0610 e. The van der Waals surface area contributed by atoms with Gasteiger partial charge in [0.25, 0.3) is 0 Å². The number of aliphatic hydroxyl groups excluding tert-OH is 1. The highest BCUT2D eigenvalue weighted by Gasteiger charge is 2.28. The van der Waals surface area contributed by atoms with Gasteiger partial charge in [-0.1, -0.05) is 6.92 Å². The van der Waals surface area contributed by atoms with Crippen molar-refractivity contribution < 1.29 is 5.11 Å². The lowest BCUT2D eigenvalue weighted by Crippen LogP contribution is -2.50. The second kappa shape index (κ2) is 3.75. The van der Waals surface area contributed by atoms with Crippen LogP contribution in [0, 0.1) is 5.92 Å². The Balaban J connectivity index is 2.50. The highest BCUT2D eigenvalue weighted by atomic mass is 16.3. The summed E-state index contributed by atoms with van der Waals surface area (Å²) in [6, 6.07) is 0. The van der Waals surface area contributed by atoms with Crippen LogP contribution in [-0.4, -0.2) is 35.2 Å². The third-order valence-corrected chi connectivity index (χ3v) is 2.90. The van der Waals surface area contributed by atoms with Crippen LogP contribution in [-0.2, 0) is 0 Å². The summed E-state index contributed by atoms with van der Waals surface area (Å²) in [5.41, 5.74) is -0.0192. The minimum absolute atomic E-state index is 0.0192. The van der Waals surface area contributed by atoms with E-state index in [0.717, 1.165) is 19.0 Å². The standard InChI is InChI=1S/C10H21NO/c1-9-5-4-6-11(7-9)10(2,3)8-12/h9,12H,4-8H2,1-3H3/t9-/m1/s1.